The third-order valence-electron chi connectivity index (χ3n) is 1.60. The van der Waals surface area contributed by atoms with Crippen LogP contribution in [0.1, 0.15) is 17.8 Å². The molecule has 0 radical (unpaired) electrons. The van der Waals surface area contributed by atoms with Crippen molar-refractivity contribution >= 4 is 11.4 Å². The highest BCUT2D eigenvalue weighted by Gasteiger charge is 2.36. The van der Waals surface area contributed by atoms with E-state index in [1.54, 1.807) is 0 Å². The first-order chi connectivity index (χ1) is 6.73. The maximum atomic E-state index is 12.2. The van der Waals surface area contributed by atoms with Crippen molar-refractivity contribution in [1.29, 1.82) is 0 Å². The molecule has 1 aromatic rings. The van der Waals surface area contributed by atoms with Gasteiger partial charge in [0.1, 0.15) is 5.69 Å². The number of halogens is 5. The molecule has 0 saturated heterocycles. The van der Waals surface area contributed by atoms with Crippen LogP contribution in [-0.2, 0) is 6.18 Å². The Morgan fingerprint density at radius 3 is 2.13 bits per heavy atom. The molecule has 0 saturated carbocycles. The van der Waals surface area contributed by atoms with E-state index in [1.807, 2.05) is 0 Å². The van der Waals surface area contributed by atoms with E-state index in [4.69, 9.17) is 11.5 Å². The van der Waals surface area contributed by atoms with Gasteiger partial charge in [-0.05, 0) is 6.07 Å². The molecule has 1 heterocycles. The van der Waals surface area contributed by atoms with Gasteiger partial charge >= 0.3 is 6.18 Å². The number of pyridine rings is 1. The highest BCUT2D eigenvalue weighted by atomic mass is 19.4. The zero-order valence-electron chi connectivity index (χ0n) is 7.15. The summed E-state index contributed by atoms with van der Waals surface area (Å²) in [5.41, 5.74) is 6.01. The third kappa shape index (κ3) is 2.25. The first kappa shape index (κ1) is 11.5. The number of nitrogens with zero attached hydrogens (tertiary/aromatic N) is 1. The monoisotopic (exact) mass is 227 g/mol. The Hall–Kier alpha value is -1.60. The molecule has 15 heavy (non-hydrogen) atoms. The summed E-state index contributed by atoms with van der Waals surface area (Å²) in [6.45, 7) is 0. The van der Waals surface area contributed by atoms with E-state index in [9.17, 15) is 22.0 Å². The molecule has 0 amide bonds. The molecule has 4 N–H and O–H groups in total. The summed E-state index contributed by atoms with van der Waals surface area (Å²) in [5, 5.41) is 0. The molecular weight excluding hydrogens is 221 g/mol. The molecule has 0 aromatic carbocycles. The van der Waals surface area contributed by atoms with Crippen molar-refractivity contribution in [3.05, 3.63) is 17.5 Å². The van der Waals surface area contributed by atoms with Crippen molar-refractivity contribution in [2.75, 3.05) is 11.5 Å². The molecule has 8 heteroatoms. The molecular formula is C7H6F5N3. The van der Waals surface area contributed by atoms with Gasteiger partial charge in [0.15, 0.2) is 5.69 Å². The van der Waals surface area contributed by atoms with Gasteiger partial charge in [0.2, 0.25) is 0 Å². The van der Waals surface area contributed by atoms with Crippen LogP contribution < -0.4 is 11.5 Å². The van der Waals surface area contributed by atoms with Crippen LogP contribution in [0.25, 0.3) is 0 Å². The zero-order valence-corrected chi connectivity index (χ0v) is 7.15. The van der Waals surface area contributed by atoms with Crippen LogP contribution in [0, 0.1) is 0 Å². The SMILES string of the molecule is Nc1cc(C(F)F)nc(C(F)(F)F)c1N. The number of nitrogens with two attached hydrogens (primary N) is 2. The number of hydrogen-bond acceptors (Lipinski definition) is 3. The summed E-state index contributed by atoms with van der Waals surface area (Å²) in [6.07, 6.45) is -8.03. The fourth-order valence-corrected chi connectivity index (χ4v) is 0.923. The standard InChI is InChI=1S/C7H6F5N3/c8-6(9)3-1-2(13)4(14)5(15-3)7(10,11)12/h1,6H,14H2,(H2,13,15). The lowest BCUT2D eigenvalue weighted by atomic mass is 10.2. The molecule has 3 nitrogen and oxygen atoms in total. The Kier molecular flexibility index (Phi) is 2.69. The lowest BCUT2D eigenvalue weighted by molar-refractivity contribution is -0.140. The maximum absolute atomic E-state index is 12.2. The molecule has 0 aliphatic heterocycles. The van der Waals surface area contributed by atoms with Crippen LogP contribution in [0.5, 0.6) is 0 Å². The molecule has 1 rings (SSSR count). The van der Waals surface area contributed by atoms with Gasteiger partial charge < -0.3 is 11.5 Å². The van der Waals surface area contributed by atoms with Gasteiger partial charge in [0.25, 0.3) is 6.43 Å². The number of alkyl halides is 5. The first-order valence-corrected chi connectivity index (χ1v) is 3.64. The number of rotatable bonds is 1. The zero-order chi connectivity index (χ0) is 11.8. The second kappa shape index (κ2) is 3.52. The molecule has 0 spiro atoms. The van der Waals surface area contributed by atoms with Crippen molar-refractivity contribution in [3.63, 3.8) is 0 Å². The highest BCUT2D eigenvalue weighted by Crippen LogP contribution is 2.36. The Morgan fingerprint density at radius 1 is 1.20 bits per heavy atom. The normalized spacial score (nSPS) is 12.1. The maximum Gasteiger partial charge on any atom is 0.435 e. The minimum atomic E-state index is -4.90. The molecule has 84 valence electrons. The van der Waals surface area contributed by atoms with E-state index < -0.39 is 35.4 Å². The van der Waals surface area contributed by atoms with Gasteiger partial charge in [-0.3, -0.25) is 0 Å². The second-order valence-corrected chi connectivity index (χ2v) is 2.70. The average Bonchev–Trinajstić information content (AvgIpc) is 2.06. The van der Waals surface area contributed by atoms with Crippen LogP contribution >= 0.6 is 0 Å². The van der Waals surface area contributed by atoms with E-state index >= 15 is 0 Å². The van der Waals surface area contributed by atoms with E-state index in [0.717, 1.165) is 0 Å². The highest BCUT2D eigenvalue weighted by molar-refractivity contribution is 5.66. The molecule has 0 aliphatic rings. The fourth-order valence-electron chi connectivity index (χ4n) is 0.923. The van der Waals surface area contributed by atoms with Crippen LogP contribution in [0.4, 0.5) is 33.3 Å². The lowest BCUT2D eigenvalue weighted by Crippen LogP contribution is -2.15. The van der Waals surface area contributed by atoms with E-state index in [-0.39, 0.29) is 0 Å². The van der Waals surface area contributed by atoms with Crippen LogP contribution in [-0.4, -0.2) is 4.98 Å². The van der Waals surface area contributed by atoms with Crippen molar-refractivity contribution in [2.24, 2.45) is 0 Å². The molecule has 0 unspecified atom stereocenters. The van der Waals surface area contributed by atoms with Crippen LogP contribution in [0.2, 0.25) is 0 Å². The van der Waals surface area contributed by atoms with Gasteiger partial charge in [-0.15, -0.1) is 0 Å². The van der Waals surface area contributed by atoms with Crippen molar-refractivity contribution in [3.8, 4) is 0 Å². The Morgan fingerprint density at radius 2 is 1.73 bits per heavy atom. The predicted molar refractivity (Wildman–Crippen MR) is 43.0 cm³/mol. The summed E-state index contributed by atoms with van der Waals surface area (Å²) < 4.78 is 60.9. The minimum Gasteiger partial charge on any atom is -0.397 e. The predicted octanol–water partition coefficient (Wildman–Crippen LogP) is 2.20. The van der Waals surface area contributed by atoms with Gasteiger partial charge in [-0.1, -0.05) is 0 Å². The topological polar surface area (TPSA) is 64.9 Å². The molecule has 0 aliphatic carbocycles. The third-order valence-corrected chi connectivity index (χ3v) is 1.60. The van der Waals surface area contributed by atoms with E-state index in [1.165, 1.54) is 0 Å². The average molecular weight is 227 g/mol. The molecule has 1 aromatic heterocycles. The number of hydrogen-bond donors (Lipinski definition) is 2. The van der Waals surface area contributed by atoms with Crippen LogP contribution in [0.15, 0.2) is 6.07 Å². The number of aromatic nitrogens is 1. The largest absolute Gasteiger partial charge is 0.435 e. The summed E-state index contributed by atoms with van der Waals surface area (Å²) in [6, 6.07) is 0.620. The quantitative estimate of drug-likeness (QED) is 0.723. The Labute approximate surface area is 80.9 Å². The fraction of sp³-hybridized carbons (Fsp3) is 0.286. The van der Waals surface area contributed by atoms with Gasteiger partial charge in [0.05, 0.1) is 11.4 Å². The Bertz CT molecular complexity index is 374. The summed E-state index contributed by atoms with van der Waals surface area (Å²) in [5.74, 6) is 0. The van der Waals surface area contributed by atoms with E-state index in [2.05, 4.69) is 4.98 Å². The molecule has 0 atom stereocenters. The Balaban J connectivity index is 3.38. The van der Waals surface area contributed by atoms with Gasteiger partial charge in [-0.2, -0.15) is 13.2 Å². The van der Waals surface area contributed by atoms with Crippen LogP contribution in [0.3, 0.4) is 0 Å². The lowest BCUT2D eigenvalue weighted by Gasteiger charge is -2.12. The minimum absolute atomic E-state index is 0.562. The van der Waals surface area contributed by atoms with Gasteiger partial charge in [-0.25, -0.2) is 13.8 Å². The summed E-state index contributed by atoms with van der Waals surface area (Å²) >= 11 is 0. The number of nitrogen functional groups attached to an aromatic ring is 2. The molecule has 0 bridgehead atoms. The summed E-state index contributed by atoms with van der Waals surface area (Å²) in [7, 11) is 0. The first-order valence-electron chi connectivity index (χ1n) is 3.64. The second-order valence-electron chi connectivity index (χ2n) is 2.70. The molecule has 0 fully saturated rings. The smallest absolute Gasteiger partial charge is 0.397 e. The van der Waals surface area contributed by atoms with Crippen molar-refractivity contribution in [2.45, 2.75) is 12.6 Å². The van der Waals surface area contributed by atoms with E-state index in [0.29, 0.717) is 6.07 Å². The van der Waals surface area contributed by atoms with Crippen molar-refractivity contribution in [1.82, 2.24) is 4.98 Å². The number of anilines is 2. The van der Waals surface area contributed by atoms with Crippen molar-refractivity contribution < 1.29 is 22.0 Å². The van der Waals surface area contributed by atoms with Gasteiger partial charge in [0, 0.05) is 0 Å². The summed E-state index contributed by atoms with van der Waals surface area (Å²) in [4.78, 5) is 2.72.